The van der Waals surface area contributed by atoms with Gasteiger partial charge in [-0.3, -0.25) is 0 Å². The van der Waals surface area contributed by atoms with Gasteiger partial charge in [0.15, 0.2) is 0 Å². The molecule has 1 atom stereocenters. The molecule has 3 rings (SSSR count). The zero-order valence-corrected chi connectivity index (χ0v) is 9.01. The van der Waals surface area contributed by atoms with Gasteiger partial charge >= 0.3 is 0 Å². The molecule has 2 nitrogen and oxygen atoms in total. The summed E-state index contributed by atoms with van der Waals surface area (Å²) >= 11 is 0. The second-order valence-electron chi connectivity index (χ2n) is 4.30. The van der Waals surface area contributed by atoms with Crippen molar-refractivity contribution in [2.45, 2.75) is 25.3 Å². The Bertz CT molecular complexity index is 484. The van der Waals surface area contributed by atoms with Gasteiger partial charge in [0.1, 0.15) is 0 Å². The fraction of sp³-hybridized carbons (Fsp3) is 0.385. The normalized spacial score (nSPS) is 20.5. The van der Waals surface area contributed by atoms with Crippen molar-refractivity contribution in [3.63, 3.8) is 0 Å². The highest BCUT2D eigenvalue weighted by atomic mass is 14.9. The molecule has 0 spiro atoms. The summed E-state index contributed by atoms with van der Waals surface area (Å²) in [5, 5.41) is 4.80. The van der Waals surface area contributed by atoms with Gasteiger partial charge < -0.3 is 10.3 Å². The Balaban J connectivity index is 2.24. The summed E-state index contributed by atoms with van der Waals surface area (Å²) in [7, 11) is 2.05. The molecule has 1 aromatic carbocycles. The molecule has 2 N–H and O–H groups in total. The van der Waals surface area contributed by atoms with Crippen LogP contribution in [0.4, 0.5) is 0 Å². The van der Waals surface area contributed by atoms with E-state index in [-0.39, 0.29) is 0 Å². The maximum atomic E-state index is 3.55. The fourth-order valence-corrected chi connectivity index (χ4v) is 2.70. The van der Waals surface area contributed by atoms with Gasteiger partial charge in [0.05, 0.1) is 0 Å². The molecule has 1 aliphatic carbocycles. The van der Waals surface area contributed by atoms with E-state index >= 15 is 0 Å². The molecule has 1 aromatic heterocycles. The number of aromatic amines is 1. The summed E-state index contributed by atoms with van der Waals surface area (Å²) in [6, 6.07) is 9.13. The number of para-hydroxylation sites is 1. The predicted octanol–water partition coefficient (Wildman–Crippen LogP) is 2.76. The highest BCUT2D eigenvalue weighted by molar-refractivity contribution is 5.85. The average molecular weight is 200 g/mol. The van der Waals surface area contributed by atoms with Gasteiger partial charge in [0.25, 0.3) is 0 Å². The van der Waals surface area contributed by atoms with Crippen molar-refractivity contribution < 1.29 is 0 Å². The van der Waals surface area contributed by atoms with Crippen LogP contribution in [0, 0.1) is 0 Å². The maximum absolute atomic E-state index is 3.55. The van der Waals surface area contributed by atoms with Gasteiger partial charge in [0, 0.05) is 22.6 Å². The van der Waals surface area contributed by atoms with Crippen molar-refractivity contribution in [3.8, 4) is 0 Å². The molecule has 15 heavy (non-hydrogen) atoms. The molecule has 1 heterocycles. The van der Waals surface area contributed by atoms with E-state index in [0.29, 0.717) is 6.04 Å². The molecule has 0 saturated carbocycles. The summed E-state index contributed by atoms with van der Waals surface area (Å²) in [6.45, 7) is 0. The second kappa shape index (κ2) is 3.38. The Morgan fingerprint density at radius 3 is 3.07 bits per heavy atom. The first kappa shape index (κ1) is 8.98. The second-order valence-corrected chi connectivity index (χ2v) is 4.30. The average Bonchev–Trinajstić information content (AvgIpc) is 2.67. The number of rotatable bonds is 1. The highest BCUT2D eigenvalue weighted by Gasteiger charge is 2.22. The molecular weight excluding hydrogens is 184 g/mol. The highest BCUT2D eigenvalue weighted by Crippen LogP contribution is 2.34. The molecule has 2 aromatic rings. The van der Waals surface area contributed by atoms with Gasteiger partial charge in [-0.25, -0.2) is 0 Å². The molecule has 1 aliphatic rings. The van der Waals surface area contributed by atoms with Gasteiger partial charge in [-0.05, 0) is 37.9 Å². The Morgan fingerprint density at radius 2 is 2.20 bits per heavy atom. The largest absolute Gasteiger partial charge is 0.357 e. The Kier molecular flexibility index (Phi) is 2.03. The lowest BCUT2D eigenvalue weighted by Crippen LogP contribution is -2.21. The van der Waals surface area contributed by atoms with E-state index in [1.54, 1.807) is 0 Å². The Hall–Kier alpha value is -1.28. The Morgan fingerprint density at radius 1 is 1.33 bits per heavy atom. The summed E-state index contributed by atoms with van der Waals surface area (Å²) in [4.78, 5) is 3.55. The zero-order valence-electron chi connectivity index (χ0n) is 9.01. The Labute approximate surface area is 89.7 Å². The van der Waals surface area contributed by atoms with Crippen LogP contribution in [0.5, 0.6) is 0 Å². The number of nitrogens with one attached hydrogen (secondary N) is 2. The summed E-state index contributed by atoms with van der Waals surface area (Å²) in [6.07, 6.45) is 3.76. The predicted molar refractivity (Wildman–Crippen MR) is 63.0 cm³/mol. The van der Waals surface area contributed by atoms with Crippen LogP contribution >= 0.6 is 0 Å². The van der Waals surface area contributed by atoms with Crippen molar-refractivity contribution in [1.29, 1.82) is 0 Å². The molecule has 2 heteroatoms. The van der Waals surface area contributed by atoms with Crippen LogP contribution in [-0.2, 0) is 6.42 Å². The van der Waals surface area contributed by atoms with Crippen molar-refractivity contribution in [2.75, 3.05) is 7.05 Å². The maximum Gasteiger partial charge on any atom is 0.0473 e. The zero-order chi connectivity index (χ0) is 10.3. The third-order valence-electron chi connectivity index (χ3n) is 3.46. The molecule has 0 saturated heterocycles. The fourth-order valence-electron chi connectivity index (χ4n) is 2.70. The molecule has 0 fully saturated rings. The molecule has 1 unspecified atom stereocenters. The van der Waals surface area contributed by atoms with Gasteiger partial charge in [-0.2, -0.15) is 0 Å². The third-order valence-corrected chi connectivity index (χ3v) is 3.46. The SMILES string of the molecule is CNC1CCCc2c1[nH]c1ccccc21. The van der Waals surface area contributed by atoms with Crippen LogP contribution < -0.4 is 5.32 Å². The summed E-state index contributed by atoms with van der Waals surface area (Å²) in [5.41, 5.74) is 4.21. The number of H-pyrrole nitrogens is 1. The minimum Gasteiger partial charge on any atom is -0.357 e. The van der Waals surface area contributed by atoms with Gasteiger partial charge in [-0.15, -0.1) is 0 Å². The van der Waals surface area contributed by atoms with Crippen LogP contribution in [0.15, 0.2) is 24.3 Å². The smallest absolute Gasteiger partial charge is 0.0473 e. The number of aryl methyl sites for hydroxylation is 1. The van der Waals surface area contributed by atoms with Crippen LogP contribution in [0.3, 0.4) is 0 Å². The summed E-state index contributed by atoms with van der Waals surface area (Å²) < 4.78 is 0. The van der Waals surface area contributed by atoms with E-state index in [9.17, 15) is 0 Å². The molecule has 0 radical (unpaired) electrons. The number of hydrogen-bond donors (Lipinski definition) is 2. The van der Waals surface area contributed by atoms with E-state index < -0.39 is 0 Å². The monoisotopic (exact) mass is 200 g/mol. The van der Waals surface area contributed by atoms with E-state index in [4.69, 9.17) is 0 Å². The van der Waals surface area contributed by atoms with Crippen LogP contribution in [0.1, 0.15) is 30.1 Å². The quantitative estimate of drug-likeness (QED) is 0.728. The van der Waals surface area contributed by atoms with E-state index in [2.05, 4.69) is 34.6 Å². The summed E-state index contributed by atoms with van der Waals surface area (Å²) in [5.74, 6) is 0. The van der Waals surface area contributed by atoms with Gasteiger partial charge in [-0.1, -0.05) is 18.2 Å². The third kappa shape index (κ3) is 1.29. The number of aromatic nitrogens is 1. The lowest BCUT2D eigenvalue weighted by molar-refractivity contribution is 0.489. The minimum atomic E-state index is 0.515. The van der Waals surface area contributed by atoms with Crippen molar-refractivity contribution in [2.24, 2.45) is 0 Å². The van der Waals surface area contributed by atoms with Crippen LogP contribution in [-0.4, -0.2) is 12.0 Å². The standard InChI is InChI=1S/C13H16N2/c1-14-12-8-4-6-10-9-5-2-3-7-11(9)15-13(10)12/h2-3,5,7,12,14-15H,4,6,8H2,1H3. The first-order valence-corrected chi connectivity index (χ1v) is 5.67. The number of hydrogen-bond acceptors (Lipinski definition) is 1. The molecule has 0 amide bonds. The lowest BCUT2D eigenvalue weighted by atomic mass is 9.92. The van der Waals surface area contributed by atoms with E-state index in [1.165, 1.54) is 41.4 Å². The van der Waals surface area contributed by atoms with Crippen molar-refractivity contribution in [1.82, 2.24) is 10.3 Å². The number of fused-ring (bicyclic) bond motifs is 3. The molecule has 0 aliphatic heterocycles. The van der Waals surface area contributed by atoms with Crippen LogP contribution in [0.25, 0.3) is 10.9 Å². The minimum absolute atomic E-state index is 0.515. The molecule has 0 bridgehead atoms. The van der Waals surface area contributed by atoms with E-state index in [0.717, 1.165) is 0 Å². The number of benzene rings is 1. The molecular formula is C13H16N2. The molecule has 78 valence electrons. The van der Waals surface area contributed by atoms with Gasteiger partial charge in [0.2, 0.25) is 0 Å². The van der Waals surface area contributed by atoms with Crippen LogP contribution in [0.2, 0.25) is 0 Å². The first-order chi connectivity index (χ1) is 7.40. The lowest BCUT2D eigenvalue weighted by Gasteiger charge is -2.21. The van der Waals surface area contributed by atoms with Crippen molar-refractivity contribution in [3.05, 3.63) is 35.5 Å². The van der Waals surface area contributed by atoms with E-state index in [1.807, 2.05) is 7.05 Å². The topological polar surface area (TPSA) is 27.8 Å². The van der Waals surface area contributed by atoms with Crippen molar-refractivity contribution >= 4 is 10.9 Å². The first-order valence-electron chi connectivity index (χ1n) is 5.67.